The van der Waals surface area contributed by atoms with Gasteiger partial charge in [0, 0.05) is 6.42 Å². The van der Waals surface area contributed by atoms with Gasteiger partial charge in [-0.15, -0.1) is 0 Å². The molecule has 0 amide bonds. The fourth-order valence-corrected chi connectivity index (χ4v) is 3.87. The number of ketones is 1. The van der Waals surface area contributed by atoms with E-state index < -0.39 is 6.10 Å². The largest absolute Gasteiger partial charge is 0.454 e. The molecule has 0 aliphatic carbocycles. The van der Waals surface area contributed by atoms with Crippen LogP contribution in [0.2, 0.25) is 0 Å². The predicted molar refractivity (Wildman–Crippen MR) is 89.1 cm³/mol. The number of hydrogen-bond acceptors (Lipinski definition) is 3. The fraction of sp³-hybridized carbons (Fsp3) is 0.562. The van der Waals surface area contributed by atoms with Crippen molar-refractivity contribution in [1.29, 1.82) is 0 Å². The van der Waals surface area contributed by atoms with E-state index in [1.54, 1.807) is 4.57 Å². The van der Waals surface area contributed by atoms with Crippen LogP contribution in [-0.4, -0.2) is 17.9 Å². The summed E-state index contributed by atoms with van der Waals surface area (Å²) in [5.41, 5.74) is 0. The molecule has 1 aliphatic rings. The molecular weight excluding hydrogens is 414 g/mol. The second kappa shape index (κ2) is 7.68. The highest BCUT2D eigenvalue weighted by Crippen LogP contribution is 2.27. The van der Waals surface area contributed by atoms with Crippen LogP contribution in [0.1, 0.15) is 33.1 Å². The van der Waals surface area contributed by atoms with Crippen molar-refractivity contribution >= 4 is 43.6 Å². The number of carbonyl (C=O) groups excluding carboxylic acids is 2. The number of Topliss-reactive ketones (excluding diaryl/α,β-unsaturated/α-hetero) is 1. The molecule has 0 saturated carbocycles. The minimum Gasteiger partial charge on any atom is -0.454 e. The molecule has 1 aromatic heterocycles. The summed E-state index contributed by atoms with van der Waals surface area (Å²) < 4.78 is 8.82. The monoisotopic (exact) mass is 432 g/mol. The summed E-state index contributed by atoms with van der Waals surface area (Å²) in [5.74, 6) is 0.141. The van der Waals surface area contributed by atoms with Gasteiger partial charge in [0.1, 0.15) is 0 Å². The first kappa shape index (κ1) is 17.6. The average molecular weight is 434 g/mol. The lowest BCUT2D eigenvalue weighted by Gasteiger charge is -2.07. The Balaban J connectivity index is 1.94. The van der Waals surface area contributed by atoms with Gasteiger partial charge in [-0.05, 0) is 50.3 Å². The first-order valence-corrected chi connectivity index (χ1v) is 9.02. The highest BCUT2D eigenvalue weighted by atomic mass is 79.9. The van der Waals surface area contributed by atoms with Gasteiger partial charge in [-0.25, -0.2) is 0 Å². The third-order valence-electron chi connectivity index (χ3n) is 3.73. The van der Waals surface area contributed by atoms with Gasteiger partial charge in [-0.1, -0.05) is 20.3 Å². The van der Waals surface area contributed by atoms with Crippen molar-refractivity contribution in [3.63, 3.8) is 0 Å². The van der Waals surface area contributed by atoms with E-state index in [9.17, 15) is 9.59 Å². The van der Waals surface area contributed by atoms with E-state index in [1.807, 2.05) is 18.5 Å². The first-order chi connectivity index (χ1) is 10.3. The Bertz CT molecular complexity index is 554. The van der Waals surface area contributed by atoms with Gasteiger partial charge in [-0.2, -0.15) is 4.57 Å². The number of pyridine rings is 1. The predicted octanol–water partition coefficient (Wildman–Crippen LogP) is 3.44. The fourth-order valence-electron chi connectivity index (χ4n) is 2.54. The molecule has 6 heteroatoms. The second-order valence-electron chi connectivity index (χ2n) is 6.14. The summed E-state index contributed by atoms with van der Waals surface area (Å²) in [6, 6.07) is 1.90. The molecule has 0 N–H and O–H groups in total. The standard InChI is InChI=1S/C16H20Br2NO3/c1-10(2)3-4-11-5-15(22-16(11)21)14(20)9-19-7-12(17)6-13(18)8-19/h6-8,10-11,15H,3-5,9H2,1-2H3/q+1. The minimum absolute atomic E-state index is 0.0598. The maximum Gasteiger partial charge on any atom is 0.309 e. The van der Waals surface area contributed by atoms with Crippen LogP contribution >= 0.6 is 31.9 Å². The highest BCUT2D eigenvalue weighted by Gasteiger charge is 2.39. The van der Waals surface area contributed by atoms with Crippen LogP contribution in [0.15, 0.2) is 27.4 Å². The molecule has 0 spiro atoms. The minimum atomic E-state index is -0.602. The molecule has 1 saturated heterocycles. The summed E-state index contributed by atoms with van der Waals surface area (Å²) >= 11 is 6.78. The van der Waals surface area contributed by atoms with E-state index in [1.165, 1.54) is 0 Å². The second-order valence-corrected chi connectivity index (χ2v) is 7.97. The van der Waals surface area contributed by atoms with Gasteiger partial charge in [-0.3, -0.25) is 9.59 Å². The van der Waals surface area contributed by atoms with Crippen LogP contribution in [-0.2, 0) is 20.9 Å². The van der Waals surface area contributed by atoms with Crippen molar-refractivity contribution in [2.75, 3.05) is 0 Å². The number of ether oxygens (including phenoxy) is 1. The van der Waals surface area contributed by atoms with Gasteiger partial charge in [0.15, 0.2) is 18.5 Å². The molecule has 0 bridgehead atoms. The number of rotatable bonds is 6. The molecule has 1 aromatic rings. The Kier molecular flexibility index (Phi) is 6.15. The lowest BCUT2D eigenvalue weighted by molar-refractivity contribution is -0.685. The number of esters is 1. The molecule has 0 radical (unpaired) electrons. The van der Waals surface area contributed by atoms with E-state index in [0.29, 0.717) is 12.3 Å². The van der Waals surface area contributed by atoms with E-state index in [2.05, 4.69) is 45.7 Å². The lowest BCUT2D eigenvalue weighted by Crippen LogP contribution is -2.41. The maximum absolute atomic E-state index is 12.3. The van der Waals surface area contributed by atoms with Crippen LogP contribution in [0, 0.1) is 11.8 Å². The summed E-state index contributed by atoms with van der Waals surface area (Å²) in [4.78, 5) is 24.2. The number of cyclic esters (lactones) is 1. The van der Waals surface area contributed by atoms with Crippen molar-refractivity contribution in [3.05, 3.63) is 27.4 Å². The number of aromatic nitrogens is 1. The zero-order valence-corrected chi connectivity index (χ0v) is 15.9. The third kappa shape index (κ3) is 4.88. The zero-order chi connectivity index (χ0) is 16.3. The van der Waals surface area contributed by atoms with E-state index in [4.69, 9.17) is 4.74 Å². The summed E-state index contributed by atoms with van der Waals surface area (Å²) in [5, 5.41) is 0. The maximum atomic E-state index is 12.3. The van der Waals surface area contributed by atoms with Crippen molar-refractivity contribution in [1.82, 2.24) is 0 Å². The van der Waals surface area contributed by atoms with Crippen LogP contribution in [0.5, 0.6) is 0 Å². The van der Waals surface area contributed by atoms with Gasteiger partial charge in [0.25, 0.3) is 0 Å². The Morgan fingerprint density at radius 2 is 2.00 bits per heavy atom. The van der Waals surface area contributed by atoms with Gasteiger partial charge < -0.3 is 4.74 Å². The van der Waals surface area contributed by atoms with Crippen LogP contribution in [0.25, 0.3) is 0 Å². The van der Waals surface area contributed by atoms with Crippen molar-refractivity contribution < 1.29 is 18.9 Å². The molecular formula is C16H20Br2NO3+. The molecule has 120 valence electrons. The molecule has 22 heavy (non-hydrogen) atoms. The number of hydrogen-bond donors (Lipinski definition) is 0. The van der Waals surface area contributed by atoms with E-state index in [0.717, 1.165) is 21.8 Å². The lowest BCUT2D eigenvalue weighted by atomic mass is 9.94. The molecule has 4 nitrogen and oxygen atoms in total. The van der Waals surface area contributed by atoms with Crippen molar-refractivity contribution in [3.8, 4) is 0 Å². The SMILES string of the molecule is CC(C)CCC1CC(C(=O)C[n+]2cc(Br)cc(Br)c2)OC1=O. The summed E-state index contributed by atoms with van der Waals surface area (Å²) in [6.45, 7) is 4.46. The molecule has 0 aromatic carbocycles. The zero-order valence-electron chi connectivity index (χ0n) is 12.7. The normalized spacial score (nSPS) is 21.2. The summed E-state index contributed by atoms with van der Waals surface area (Å²) in [6.07, 6.45) is 5.35. The van der Waals surface area contributed by atoms with Crippen molar-refractivity contribution in [2.24, 2.45) is 11.8 Å². The van der Waals surface area contributed by atoms with Crippen LogP contribution in [0.3, 0.4) is 0 Å². The Labute approximate surface area is 147 Å². The van der Waals surface area contributed by atoms with Crippen molar-refractivity contribution in [2.45, 2.75) is 45.8 Å². The number of nitrogens with zero attached hydrogens (tertiary/aromatic N) is 1. The van der Waals surface area contributed by atoms with Gasteiger partial charge in [0.05, 0.1) is 14.9 Å². The Morgan fingerprint density at radius 3 is 2.59 bits per heavy atom. The third-order valence-corrected chi connectivity index (χ3v) is 4.60. The molecule has 2 heterocycles. The van der Waals surface area contributed by atoms with Gasteiger partial charge in [0.2, 0.25) is 12.3 Å². The Morgan fingerprint density at radius 1 is 1.36 bits per heavy atom. The quantitative estimate of drug-likeness (QED) is 0.510. The molecule has 2 unspecified atom stereocenters. The van der Waals surface area contributed by atoms with Crippen LogP contribution < -0.4 is 4.57 Å². The highest BCUT2D eigenvalue weighted by molar-refractivity contribution is 9.11. The molecule has 2 atom stereocenters. The van der Waals surface area contributed by atoms with Gasteiger partial charge >= 0.3 is 5.97 Å². The molecule has 1 fully saturated rings. The molecule has 2 rings (SSSR count). The average Bonchev–Trinajstić information content (AvgIpc) is 2.76. The van der Waals surface area contributed by atoms with E-state index in [-0.39, 0.29) is 24.2 Å². The number of carbonyl (C=O) groups is 2. The summed E-state index contributed by atoms with van der Waals surface area (Å²) in [7, 11) is 0. The molecule has 1 aliphatic heterocycles. The first-order valence-electron chi connectivity index (χ1n) is 7.43. The van der Waals surface area contributed by atoms with Crippen LogP contribution in [0.4, 0.5) is 0 Å². The topological polar surface area (TPSA) is 47.2 Å². The Hall–Kier alpha value is -0.750. The van der Waals surface area contributed by atoms with E-state index >= 15 is 0 Å². The number of halogens is 2. The smallest absolute Gasteiger partial charge is 0.309 e.